The van der Waals surface area contributed by atoms with Crippen molar-refractivity contribution in [2.75, 3.05) is 6.61 Å². The number of hydrogen-bond donors (Lipinski definition) is 1. The Morgan fingerprint density at radius 2 is 1.96 bits per heavy atom. The molecule has 25 heavy (non-hydrogen) atoms. The van der Waals surface area contributed by atoms with E-state index in [4.69, 9.17) is 16.3 Å². The van der Waals surface area contributed by atoms with Crippen molar-refractivity contribution in [2.24, 2.45) is 0 Å². The number of nitrogens with zero attached hydrogens (tertiary/aromatic N) is 1. The van der Waals surface area contributed by atoms with Gasteiger partial charge in [-0.15, -0.1) is 13.2 Å². The molecule has 0 saturated heterocycles. The number of alkyl halides is 3. The molecule has 1 heterocycles. The van der Waals surface area contributed by atoms with Gasteiger partial charge in [0.25, 0.3) is 0 Å². The largest absolute Gasteiger partial charge is 0.573 e. The first-order valence-electron chi connectivity index (χ1n) is 7.49. The maximum Gasteiger partial charge on any atom is 0.573 e. The zero-order chi connectivity index (χ0) is 18.0. The highest BCUT2D eigenvalue weighted by molar-refractivity contribution is 6.32. The van der Waals surface area contributed by atoms with Crippen LogP contribution < -0.4 is 4.74 Å². The van der Waals surface area contributed by atoms with Gasteiger partial charge in [-0.25, -0.2) is 4.98 Å². The summed E-state index contributed by atoms with van der Waals surface area (Å²) in [5, 5.41) is -0.157. The third-order valence-corrected chi connectivity index (χ3v) is 3.77. The second kappa shape index (κ2) is 6.93. The van der Waals surface area contributed by atoms with Gasteiger partial charge in [0.15, 0.2) is 0 Å². The van der Waals surface area contributed by atoms with Crippen molar-refractivity contribution in [3.05, 3.63) is 58.9 Å². The van der Waals surface area contributed by atoms with E-state index in [9.17, 15) is 13.2 Å². The summed E-state index contributed by atoms with van der Waals surface area (Å²) in [7, 11) is 0. The van der Waals surface area contributed by atoms with E-state index in [2.05, 4.69) is 14.7 Å². The molecule has 0 aliphatic heterocycles. The summed E-state index contributed by atoms with van der Waals surface area (Å²) < 4.78 is 46.7. The fourth-order valence-electron chi connectivity index (χ4n) is 2.48. The Kier molecular flexibility index (Phi) is 4.87. The van der Waals surface area contributed by atoms with Gasteiger partial charge in [0.1, 0.15) is 17.7 Å². The summed E-state index contributed by atoms with van der Waals surface area (Å²) in [6.45, 7) is 2.21. The molecule has 0 fully saturated rings. The zero-order valence-corrected chi connectivity index (χ0v) is 13.9. The van der Waals surface area contributed by atoms with Crippen molar-refractivity contribution in [2.45, 2.75) is 19.4 Å². The van der Waals surface area contributed by atoms with Crippen LogP contribution in [0.1, 0.15) is 24.4 Å². The lowest BCUT2D eigenvalue weighted by atomic mass is 10.1. The molecule has 0 aliphatic carbocycles. The van der Waals surface area contributed by atoms with Crippen LogP contribution in [0.25, 0.3) is 11.0 Å². The Hall–Kier alpha value is -2.25. The van der Waals surface area contributed by atoms with Gasteiger partial charge in [-0.3, -0.25) is 0 Å². The quantitative estimate of drug-likeness (QED) is 0.668. The van der Waals surface area contributed by atoms with Crippen molar-refractivity contribution >= 4 is 22.6 Å². The normalized spacial score (nSPS) is 13.2. The molecule has 3 rings (SSSR count). The molecule has 2 aromatic carbocycles. The van der Waals surface area contributed by atoms with Crippen molar-refractivity contribution in [1.82, 2.24) is 9.97 Å². The molecular weight excluding hydrogens is 357 g/mol. The minimum absolute atomic E-state index is 0.157. The van der Waals surface area contributed by atoms with Crippen LogP contribution in [-0.2, 0) is 4.74 Å². The van der Waals surface area contributed by atoms with Crippen LogP contribution in [0, 0.1) is 0 Å². The Bertz CT molecular complexity index is 847. The molecule has 1 atom stereocenters. The van der Waals surface area contributed by atoms with Gasteiger partial charge in [-0.05, 0) is 36.8 Å². The lowest BCUT2D eigenvalue weighted by Crippen LogP contribution is -2.17. The Balaban J connectivity index is 1.96. The molecule has 0 saturated carbocycles. The van der Waals surface area contributed by atoms with Gasteiger partial charge in [0.05, 0.1) is 16.1 Å². The van der Waals surface area contributed by atoms with Crippen LogP contribution in [0.2, 0.25) is 5.02 Å². The number of hydrogen-bond acceptors (Lipinski definition) is 3. The number of halogens is 4. The van der Waals surface area contributed by atoms with Crippen molar-refractivity contribution in [3.8, 4) is 5.75 Å². The third kappa shape index (κ3) is 4.05. The number of aromatic amines is 1. The van der Waals surface area contributed by atoms with Gasteiger partial charge >= 0.3 is 6.36 Å². The molecule has 0 aliphatic rings. The molecule has 0 bridgehead atoms. The predicted octanol–water partition coefficient (Wildman–Crippen LogP) is 5.24. The maximum atomic E-state index is 12.4. The number of aromatic nitrogens is 2. The highest BCUT2D eigenvalue weighted by Crippen LogP contribution is 2.34. The first kappa shape index (κ1) is 17.6. The first-order chi connectivity index (χ1) is 11.9. The third-order valence-electron chi connectivity index (χ3n) is 3.47. The Morgan fingerprint density at radius 3 is 2.60 bits per heavy atom. The van der Waals surface area contributed by atoms with Crippen LogP contribution in [-0.4, -0.2) is 22.9 Å². The van der Waals surface area contributed by atoms with Gasteiger partial charge in [0, 0.05) is 6.61 Å². The lowest BCUT2D eigenvalue weighted by molar-refractivity contribution is -0.274. The van der Waals surface area contributed by atoms with Crippen molar-refractivity contribution in [3.63, 3.8) is 0 Å². The number of H-pyrrole nitrogens is 1. The zero-order valence-electron chi connectivity index (χ0n) is 13.1. The van der Waals surface area contributed by atoms with Gasteiger partial charge in [-0.1, -0.05) is 29.8 Å². The number of nitrogens with one attached hydrogen (secondary N) is 1. The van der Waals surface area contributed by atoms with Gasteiger partial charge in [0.2, 0.25) is 0 Å². The second-order valence-corrected chi connectivity index (χ2v) is 5.62. The minimum atomic E-state index is -4.80. The van der Waals surface area contributed by atoms with E-state index in [0.29, 0.717) is 18.0 Å². The van der Waals surface area contributed by atoms with E-state index in [1.165, 1.54) is 18.2 Å². The standard InChI is InChI=1S/C17H14ClF3N2O2/c1-2-24-15(16-22-12-5-3-4-6-13(12)23-16)10-7-8-14(11(18)9-10)25-17(19,20)21/h3-9,15H,2H2,1H3,(H,22,23). The van der Waals surface area contributed by atoms with Gasteiger partial charge in [-0.2, -0.15) is 0 Å². The monoisotopic (exact) mass is 370 g/mol. The van der Waals surface area contributed by atoms with E-state index in [1.54, 1.807) is 0 Å². The molecule has 0 spiro atoms. The van der Waals surface area contributed by atoms with E-state index in [0.717, 1.165) is 11.0 Å². The van der Waals surface area contributed by atoms with Gasteiger partial charge < -0.3 is 14.5 Å². The Morgan fingerprint density at radius 1 is 1.20 bits per heavy atom. The SMILES string of the molecule is CCOC(c1ccc(OC(F)(F)F)c(Cl)c1)c1nc2ccccc2[nH]1. The summed E-state index contributed by atoms with van der Waals surface area (Å²) in [6.07, 6.45) is -5.39. The summed E-state index contributed by atoms with van der Waals surface area (Å²) in [6, 6.07) is 11.5. The highest BCUT2D eigenvalue weighted by Gasteiger charge is 2.32. The molecule has 0 radical (unpaired) electrons. The molecule has 0 amide bonds. The minimum Gasteiger partial charge on any atom is -0.404 e. The number of fused-ring (bicyclic) bond motifs is 1. The van der Waals surface area contributed by atoms with E-state index in [1.807, 2.05) is 31.2 Å². The molecule has 132 valence electrons. The molecular formula is C17H14ClF3N2O2. The average molecular weight is 371 g/mol. The van der Waals surface area contributed by atoms with Crippen LogP contribution in [0.15, 0.2) is 42.5 Å². The van der Waals surface area contributed by atoms with Crippen LogP contribution in [0.5, 0.6) is 5.75 Å². The molecule has 8 heteroatoms. The van der Waals surface area contributed by atoms with Crippen LogP contribution >= 0.6 is 11.6 Å². The molecule has 3 aromatic rings. The number of benzene rings is 2. The molecule has 1 aromatic heterocycles. The molecule has 1 N–H and O–H groups in total. The molecule has 1 unspecified atom stereocenters. The fourth-order valence-corrected chi connectivity index (χ4v) is 2.71. The summed E-state index contributed by atoms with van der Waals surface area (Å²) in [5.41, 5.74) is 2.18. The van der Waals surface area contributed by atoms with E-state index >= 15 is 0 Å². The van der Waals surface area contributed by atoms with E-state index in [-0.39, 0.29) is 5.02 Å². The highest BCUT2D eigenvalue weighted by atomic mass is 35.5. The van der Waals surface area contributed by atoms with Crippen LogP contribution in [0.3, 0.4) is 0 Å². The fraction of sp³-hybridized carbons (Fsp3) is 0.235. The first-order valence-corrected chi connectivity index (χ1v) is 7.86. The van der Waals surface area contributed by atoms with Crippen molar-refractivity contribution in [1.29, 1.82) is 0 Å². The second-order valence-electron chi connectivity index (χ2n) is 5.21. The predicted molar refractivity (Wildman–Crippen MR) is 87.7 cm³/mol. The molecule has 4 nitrogen and oxygen atoms in total. The smallest absolute Gasteiger partial charge is 0.404 e. The van der Waals surface area contributed by atoms with Crippen LogP contribution in [0.4, 0.5) is 13.2 Å². The Labute approximate surface area is 146 Å². The number of imidazole rings is 1. The summed E-state index contributed by atoms with van der Waals surface area (Å²) in [5.74, 6) is 0.0846. The summed E-state index contributed by atoms with van der Waals surface area (Å²) in [4.78, 5) is 7.65. The number of ether oxygens (including phenoxy) is 2. The maximum absolute atomic E-state index is 12.4. The number of rotatable bonds is 5. The van der Waals surface area contributed by atoms with E-state index < -0.39 is 18.2 Å². The average Bonchev–Trinajstić information content (AvgIpc) is 2.97. The lowest BCUT2D eigenvalue weighted by Gasteiger charge is -2.17. The number of para-hydroxylation sites is 2. The topological polar surface area (TPSA) is 47.1 Å². The summed E-state index contributed by atoms with van der Waals surface area (Å²) >= 11 is 5.93. The van der Waals surface area contributed by atoms with Crippen molar-refractivity contribution < 1.29 is 22.6 Å².